The molecule has 4 amide bonds. The Morgan fingerprint density at radius 1 is 0.305 bits per heavy atom. The third kappa shape index (κ3) is 23.6. The van der Waals surface area contributed by atoms with Gasteiger partial charge >= 0.3 is 0 Å². The lowest BCUT2D eigenvalue weighted by Gasteiger charge is -2.15. The number of fused-ring (bicyclic) bond motifs is 4. The highest BCUT2D eigenvalue weighted by Crippen LogP contribution is 2.41. The molecule has 0 atom stereocenters. The van der Waals surface area contributed by atoms with E-state index in [1.165, 1.54) is 24.3 Å². The van der Waals surface area contributed by atoms with Crippen LogP contribution in [0.1, 0.15) is 188 Å². The van der Waals surface area contributed by atoms with Crippen LogP contribution < -0.4 is 35.5 Å². The van der Waals surface area contributed by atoms with Crippen LogP contribution in [0.25, 0.3) is 43.6 Å². The van der Waals surface area contributed by atoms with Gasteiger partial charge < -0.3 is 58.9 Å². The summed E-state index contributed by atoms with van der Waals surface area (Å²) < 4.78 is 133. The molecular formula is C111H100F8N14O8. The second kappa shape index (κ2) is 45.1. The van der Waals surface area contributed by atoms with Crippen molar-refractivity contribution in [1.82, 2.24) is 69.4 Å². The van der Waals surface area contributed by atoms with E-state index in [9.17, 15) is 59.4 Å². The highest BCUT2D eigenvalue weighted by atomic mass is 19.2. The standard InChI is InChI=1S/2C30H26F2N4O2.C26H25F2N3O2.C25H23F2N3O2/c1-19(2)29-28(30(37)35-17-20-9-12-24(31)25(32)15-20)23-11-10-22(38-27-8-4-6-14-34-27)16-26(23)36(29)18-21-7-3-5-13-33-21;1-19(2)29-28(30(37)35-16-20-8-11-25(31)26(32)14-20)24-10-9-22(38-23-7-5-12-33-17-23)15-27(24)36(29)18-21-6-3-4-13-34-21;1-16(2)25-24(26(32)30-14-17-7-10-21(27)22(28)12-17)20-9-8-19(33-3)13-23(20)31(25)15-18-6-4-5-11-29-18;1-15(2)24-23(25(32)29-13-16-6-9-20(26)21(27)11-16)19-8-7-18(31)12-22(19)30(24)14-17-5-3-4-10-28-17/h3-16,19H,17-18H2,1-2H3,(H,35,37);3-15,17,19H,16,18H2,1-2H3,(H,35,37);4-13,16H,14-15H2,1-3H3,(H,30,32);3-12,15,31H,13-14H2,1-2H3,(H,29,32). The Hall–Kier alpha value is -16.7. The second-order valence-corrected chi connectivity index (χ2v) is 34.5. The first-order valence-corrected chi connectivity index (χ1v) is 45.6. The maximum Gasteiger partial charge on any atom is 0.254 e. The molecule has 0 aliphatic rings. The molecule has 10 aromatic heterocycles. The number of methoxy groups -OCH3 is 1. The number of nitrogens with zero attached hydrogens (tertiary/aromatic N) is 10. The Balaban J connectivity index is 0.000000142. The third-order valence-electron chi connectivity index (χ3n) is 23.3. The molecular weight excluding hydrogens is 1810 g/mol. The van der Waals surface area contributed by atoms with Crippen LogP contribution in [0, 0.1) is 46.5 Å². The van der Waals surface area contributed by atoms with E-state index in [1.807, 2.05) is 199 Å². The summed E-state index contributed by atoms with van der Waals surface area (Å²) in [5.74, 6) is -5.65. The minimum atomic E-state index is -0.956. The topological polar surface area (TPSA) is 261 Å². The molecule has 718 valence electrons. The van der Waals surface area contributed by atoms with Crippen LogP contribution in [0.3, 0.4) is 0 Å². The molecule has 0 radical (unpaired) electrons. The zero-order valence-corrected chi connectivity index (χ0v) is 78.5. The van der Waals surface area contributed by atoms with Gasteiger partial charge in [-0.2, -0.15) is 0 Å². The molecule has 0 unspecified atom stereocenters. The smallest absolute Gasteiger partial charge is 0.254 e. The fraction of sp³-hybridized carbons (Fsp3) is 0.189. The Morgan fingerprint density at radius 3 is 0.887 bits per heavy atom. The van der Waals surface area contributed by atoms with E-state index in [0.717, 1.165) is 132 Å². The zero-order chi connectivity index (χ0) is 99.7. The molecule has 141 heavy (non-hydrogen) atoms. The molecule has 5 N–H and O–H groups in total. The van der Waals surface area contributed by atoms with E-state index < -0.39 is 46.5 Å². The quantitative estimate of drug-likeness (QED) is 0.0273. The van der Waals surface area contributed by atoms with Gasteiger partial charge in [0.2, 0.25) is 5.88 Å². The number of amides is 4. The van der Waals surface area contributed by atoms with Crippen LogP contribution in [-0.2, 0) is 52.4 Å². The number of benzene rings is 8. The fourth-order valence-electron chi connectivity index (χ4n) is 17.1. The molecule has 0 aliphatic heterocycles. The Labute approximate surface area is 807 Å². The molecule has 0 fully saturated rings. The van der Waals surface area contributed by atoms with Crippen LogP contribution in [0.15, 0.2) is 292 Å². The number of phenolic OH excluding ortho intramolecular Hbond substituents is 1. The van der Waals surface area contributed by atoms with Crippen molar-refractivity contribution in [3.05, 3.63) is 429 Å². The Kier molecular flexibility index (Phi) is 31.6. The molecule has 0 saturated heterocycles. The molecule has 0 saturated carbocycles. The second-order valence-electron chi connectivity index (χ2n) is 34.5. The average Bonchev–Trinajstić information content (AvgIpc) is 1.61. The normalized spacial score (nSPS) is 11.2. The summed E-state index contributed by atoms with van der Waals surface area (Å²) >= 11 is 0. The number of pyridine rings is 6. The maximum atomic E-state index is 13.7. The molecule has 0 spiro atoms. The van der Waals surface area contributed by atoms with Gasteiger partial charge in [0.25, 0.3) is 23.6 Å². The zero-order valence-electron chi connectivity index (χ0n) is 78.5. The summed E-state index contributed by atoms with van der Waals surface area (Å²) in [5, 5.41) is 24.6. The number of halogens is 8. The number of carbonyl (C=O) groups excluding carboxylic acids is 4. The van der Waals surface area contributed by atoms with Gasteiger partial charge in [-0.1, -0.05) is 110 Å². The van der Waals surface area contributed by atoms with E-state index in [2.05, 4.69) is 64.9 Å². The number of carbonyl (C=O) groups is 4. The van der Waals surface area contributed by atoms with E-state index >= 15 is 0 Å². The largest absolute Gasteiger partial charge is 0.508 e. The average molecular weight is 1910 g/mol. The number of phenols is 1. The van der Waals surface area contributed by atoms with Crippen molar-refractivity contribution in [3.63, 3.8) is 0 Å². The lowest BCUT2D eigenvalue weighted by atomic mass is 10.0. The SMILES string of the molecule is CC(C)c1c(C(=O)NCc2ccc(F)c(F)c2)c2ccc(O)cc2n1Cc1ccccn1.CC(C)c1c(C(=O)NCc2ccc(F)c(F)c2)c2ccc(Oc3ccccn3)cc2n1Cc1ccccn1.CC(C)c1c(C(=O)NCc2ccc(F)c(F)c2)c2ccc(Oc3cccnc3)cc2n1Cc1ccccn1.COc1ccc2c(C(=O)NCc3ccc(F)c(F)c3)c(C(C)C)n(Cc3ccccn3)c2c1. The van der Waals surface area contributed by atoms with Crippen LogP contribution in [0.5, 0.6) is 34.6 Å². The van der Waals surface area contributed by atoms with Gasteiger partial charge in [-0.05, 0) is 210 Å². The number of rotatable bonds is 29. The summed E-state index contributed by atoms with van der Waals surface area (Å²) in [6, 6.07) is 67.9. The number of hydrogen-bond acceptors (Lipinski definition) is 14. The highest BCUT2D eigenvalue weighted by molar-refractivity contribution is 6.12. The first-order valence-electron chi connectivity index (χ1n) is 45.6. The van der Waals surface area contributed by atoms with Crippen LogP contribution in [0.4, 0.5) is 35.1 Å². The van der Waals surface area contributed by atoms with Gasteiger partial charge in [0.15, 0.2) is 46.5 Å². The lowest BCUT2D eigenvalue weighted by Crippen LogP contribution is -2.24. The van der Waals surface area contributed by atoms with Crippen molar-refractivity contribution < 1.29 is 73.6 Å². The van der Waals surface area contributed by atoms with Crippen LogP contribution in [-0.4, -0.2) is 84.0 Å². The summed E-state index contributed by atoms with van der Waals surface area (Å²) in [4.78, 5) is 80.0. The van der Waals surface area contributed by atoms with Crippen molar-refractivity contribution in [2.45, 2.75) is 131 Å². The monoisotopic (exact) mass is 1910 g/mol. The van der Waals surface area contributed by atoms with Crippen molar-refractivity contribution in [2.24, 2.45) is 0 Å². The molecule has 18 aromatic rings. The molecule has 0 aliphatic carbocycles. The molecule has 10 heterocycles. The number of aromatic hydroxyl groups is 1. The highest BCUT2D eigenvalue weighted by Gasteiger charge is 2.32. The molecule has 18 rings (SSSR count). The van der Waals surface area contributed by atoms with Crippen LogP contribution in [0.2, 0.25) is 0 Å². The predicted molar refractivity (Wildman–Crippen MR) is 524 cm³/mol. The fourth-order valence-corrected chi connectivity index (χ4v) is 17.1. The lowest BCUT2D eigenvalue weighted by molar-refractivity contribution is 0.0942. The van der Waals surface area contributed by atoms with Gasteiger partial charge in [-0.25, -0.2) is 40.1 Å². The summed E-state index contributed by atoms with van der Waals surface area (Å²) in [5.41, 5.74) is 13.9. The van der Waals surface area contributed by atoms with Gasteiger partial charge in [0, 0.05) is 138 Å². The van der Waals surface area contributed by atoms with Crippen molar-refractivity contribution in [2.75, 3.05) is 7.11 Å². The minimum Gasteiger partial charge on any atom is -0.508 e. The molecule has 8 aromatic carbocycles. The number of nitrogens with one attached hydrogen (secondary N) is 4. The first-order chi connectivity index (χ1) is 68.0. The molecule has 22 nitrogen and oxygen atoms in total. The van der Waals surface area contributed by atoms with E-state index in [0.29, 0.717) is 105 Å². The maximum absolute atomic E-state index is 13.7. The van der Waals surface area contributed by atoms with Gasteiger partial charge in [0.1, 0.15) is 28.7 Å². The van der Waals surface area contributed by atoms with Gasteiger partial charge in [-0.3, -0.25) is 44.1 Å². The minimum absolute atomic E-state index is 0.00202. The predicted octanol–water partition coefficient (Wildman–Crippen LogP) is 23.8. The Morgan fingerprint density at radius 2 is 0.603 bits per heavy atom. The summed E-state index contributed by atoms with van der Waals surface area (Å²) in [7, 11) is 1.60. The Bertz CT molecular complexity index is 7280. The van der Waals surface area contributed by atoms with E-state index in [1.54, 1.807) is 86.9 Å². The molecule has 0 bridgehead atoms. The number of ether oxygens (including phenoxy) is 3. The summed E-state index contributed by atoms with van der Waals surface area (Å²) in [6.07, 6.45) is 11.9. The van der Waals surface area contributed by atoms with Gasteiger partial charge in [0.05, 0.1) is 107 Å². The third-order valence-corrected chi connectivity index (χ3v) is 23.3. The van der Waals surface area contributed by atoms with Crippen LogP contribution >= 0.6 is 0 Å². The number of aromatic nitrogens is 10. The van der Waals surface area contributed by atoms with Gasteiger partial charge in [-0.15, -0.1) is 0 Å². The summed E-state index contributed by atoms with van der Waals surface area (Å²) in [6.45, 7) is 18.3. The van der Waals surface area contributed by atoms with E-state index in [4.69, 9.17) is 14.2 Å². The van der Waals surface area contributed by atoms with E-state index in [-0.39, 0.29) is 79.2 Å². The van der Waals surface area contributed by atoms with Crippen molar-refractivity contribution in [1.29, 1.82) is 0 Å². The van der Waals surface area contributed by atoms with Crippen molar-refractivity contribution in [3.8, 4) is 34.6 Å². The number of hydrogen-bond donors (Lipinski definition) is 5. The molecule has 30 heteroatoms. The van der Waals surface area contributed by atoms with Crippen molar-refractivity contribution >= 4 is 67.2 Å². The first kappa shape index (κ1) is 98.8.